The second-order valence-electron chi connectivity index (χ2n) is 6.42. The van der Waals surface area contributed by atoms with Crippen LogP contribution in [0.3, 0.4) is 0 Å². The fourth-order valence-corrected chi connectivity index (χ4v) is 4.65. The molecule has 0 radical (unpaired) electrons. The number of hydrogen-bond donors (Lipinski definition) is 2. The van der Waals surface area contributed by atoms with Crippen molar-refractivity contribution < 1.29 is 19.1 Å². The van der Waals surface area contributed by atoms with Crippen LogP contribution < -0.4 is 11.1 Å². The summed E-state index contributed by atoms with van der Waals surface area (Å²) in [5.41, 5.74) is 6.88. The van der Waals surface area contributed by atoms with E-state index < -0.39 is 11.8 Å². The van der Waals surface area contributed by atoms with Gasteiger partial charge in [-0.25, -0.2) is 0 Å². The molecular weight excluding hydrogens is 340 g/mol. The molecule has 1 heterocycles. The maximum atomic E-state index is 12.1. The van der Waals surface area contributed by atoms with Crippen molar-refractivity contribution in [2.75, 3.05) is 11.9 Å². The minimum absolute atomic E-state index is 0.173. The minimum atomic E-state index is -0.527. The molecule has 0 spiro atoms. The number of rotatable bonds is 5. The number of carbonyl (C=O) groups excluding carboxylic acids is 3. The molecule has 1 atom stereocenters. The van der Waals surface area contributed by atoms with E-state index in [2.05, 4.69) is 5.32 Å². The Morgan fingerprint density at radius 2 is 2.04 bits per heavy atom. The number of nitrogens with two attached hydrogens (primary N) is 1. The Balaban J connectivity index is 1.61. The largest absolute Gasteiger partial charge is 0.455 e. The van der Waals surface area contributed by atoms with Crippen LogP contribution in [0.4, 0.5) is 5.00 Å². The highest BCUT2D eigenvalue weighted by Crippen LogP contribution is 2.37. The number of aryl methyl sites for hydroxylation is 1. The molecule has 0 fully saturated rings. The summed E-state index contributed by atoms with van der Waals surface area (Å²) in [5, 5.41) is 3.17. The average Bonchev–Trinajstić information content (AvgIpc) is 2.98. The molecule has 2 amide bonds. The van der Waals surface area contributed by atoms with Crippen LogP contribution in [0.15, 0.2) is 12.2 Å². The molecule has 7 heteroatoms. The molecule has 3 rings (SSSR count). The highest BCUT2D eigenvalue weighted by atomic mass is 32.1. The van der Waals surface area contributed by atoms with Gasteiger partial charge < -0.3 is 15.8 Å². The van der Waals surface area contributed by atoms with Gasteiger partial charge in [0.1, 0.15) is 5.00 Å². The van der Waals surface area contributed by atoms with Crippen LogP contribution in [0.5, 0.6) is 0 Å². The maximum absolute atomic E-state index is 12.1. The third-order valence-corrected chi connectivity index (χ3v) is 5.83. The van der Waals surface area contributed by atoms with Crippen molar-refractivity contribution >= 4 is 34.1 Å². The molecule has 3 N–H and O–H groups in total. The molecule has 0 bridgehead atoms. The zero-order valence-electron chi connectivity index (χ0n) is 14.0. The summed E-state index contributed by atoms with van der Waals surface area (Å²) < 4.78 is 5.12. The standard InChI is InChI=1S/C18H22N2O4S/c19-16(22)15-12-8-4-5-9-13(12)25-17(15)20-14(21)10-24-18(23)11-6-2-1-3-7-11/h1-2,11H,3-10H2,(H2,19,22)(H,20,21)/t11-/m1/s1. The van der Waals surface area contributed by atoms with Gasteiger partial charge in [0.15, 0.2) is 6.61 Å². The van der Waals surface area contributed by atoms with Gasteiger partial charge in [-0.15, -0.1) is 11.3 Å². The van der Waals surface area contributed by atoms with E-state index in [4.69, 9.17) is 10.5 Å². The van der Waals surface area contributed by atoms with Crippen LogP contribution in [-0.4, -0.2) is 24.4 Å². The Bertz CT molecular complexity index is 723. The van der Waals surface area contributed by atoms with Crippen LogP contribution in [-0.2, 0) is 27.2 Å². The van der Waals surface area contributed by atoms with Crippen molar-refractivity contribution in [1.82, 2.24) is 0 Å². The Labute approximate surface area is 150 Å². The molecule has 0 saturated carbocycles. The van der Waals surface area contributed by atoms with E-state index in [1.165, 1.54) is 11.3 Å². The molecule has 2 aliphatic carbocycles. The highest BCUT2D eigenvalue weighted by molar-refractivity contribution is 7.17. The summed E-state index contributed by atoms with van der Waals surface area (Å²) in [6.45, 7) is -0.347. The number of thiophene rings is 1. The van der Waals surface area contributed by atoms with E-state index in [1.807, 2.05) is 12.2 Å². The van der Waals surface area contributed by atoms with Crippen LogP contribution in [0, 0.1) is 5.92 Å². The number of carbonyl (C=O) groups is 3. The number of primary amides is 1. The quantitative estimate of drug-likeness (QED) is 0.621. The minimum Gasteiger partial charge on any atom is -0.455 e. The van der Waals surface area contributed by atoms with Gasteiger partial charge in [-0.2, -0.15) is 0 Å². The fourth-order valence-electron chi connectivity index (χ4n) is 3.34. The lowest BCUT2D eigenvalue weighted by Gasteiger charge is -2.16. The van der Waals surface area contributed by atoms with E-state index in [1.54, 1.807) is 0 Å². The summed E-state index contributed by atoms with van der Waals surface area (Å²) in [5.74, 6) is -1.49. The Hall–Kier alpha value is -2.15. The van der Waals surface area contributed by atoms with Crippen molar-refractivity contribution in [3.8, 4) is 0 Å². The average molecular weight is 362 g/mol. The third kappa shape index (κ3) is 4.10. The van der Waals surface area contributed by atoms with Gasteiger partial charge >= 0.3 is 5.97 Å². The first-order chi connectivity index (χ1) is 12.1. The summed E-state index contributed by atoms with van der Waals surface area (Å²) in [4.78, 5) is 37.0. The zero-order valence-corrected chi connectivity index (χ0v) is 14.8. The smallest absolute Gasteiger partial charge is 0.309 e. The highest BCUT2D eigenvalue weighted by Gasteiger charge is 2.26. The number of hydrogen-bond acceptors (Lipinski definition) is 5. The number of amides is 2. The second-order valence-corrected chi connectivity index (χ2v) is 7.52. The monoisotopic (exact) mass is 362 g/mol. The van der Waals surface area contributed by atoms with Crippen LogP contribution in [0.25, 0.3) is 0 Å². The maximum Gasteiger partial charge on any atom is 0.309 e. The second kappa shape index (κ2) is 7.82. The lowest BCUT2D eigenvalue weighted by molar-refractivity contribution is -0.151. The van der Waals surface area contributed by atoms with Gasteiger partial charge in [0.05, 0.1) is 11.5 Å². The van der Waals surface area contributed by atoms with Gasteiger partial charge in [0.2, 0.25) is 0 Å². The Morgan fingerprint density at radius 1 is 1.24 bits per heavy atom. The summed E-state index contributed by atoms with van der Waals surface area (Å²) >= 11 is 1.40. The van der Waals surface area contributed by atoms with E-state index >= 15 is 0 Å². The van der Waals surface area contributed by atoms with Crippen LogP contribution in [0.1, 0.15) is 52.9 Å². The third-order valence-electron chi connectivity index (χ3n) is 4.62. The van der Waals surface area contributed by atoms with Crippen molar-refractivity contribution in [2.24, 2.45) is 11.7 Å². The van der Waals surface area contributed by atoms with E-state index in [9.17, 15) is 14.4 Å². The molecule has 134 valence electrons. The fraction of sp³-hybridized carbons (Fsp3) is 0.500. The first kappa shape index (κ1) is 17.7. The van der Waals surface area contributed by atoms with E-state index in [0.717, 1.165) is 49.0 Å². The van der Waals surface area contributed by atoms with Crippen molar-refractivity contribution in [3.05, 3.63) is 28.2 Å². The van der Waals surface area contributed by atoms with Gasteiger partial charge in [0.25, 0.3) is 11.8 Å². The molecule has 1 aromatic rings. The van der Waals surface area contributed by atoms with Crippen molar-refractivity contribution in [2.45, 2.75) is 44.9 Å². The number of fused-ring (bicyclic) bond motifs is 1. The van der Waals surface area contributed by atoms with Gasteiger partial charge in [-0.1, -0.05) is 12.2 Å². The SMILES string of the molecule is NC(=O)c1c(NC(=O)COC(=O)[C@@H]2CC=CCC2)sc2c1CCCC2. The Morgan fingerprint density at radius 3 is 2.76 bits per heavy atom. The van der Waals surface area contributed by atoms with Crippen LogP contribution >= 0.6 is 11.3 Å². The zero-order chi connectivity index (χ0) is 17.8. The van der Waals surface area contributed by atoms with Gasteiger partial charge in [-0.05, 0) is 50.5 Å². The molecule has 0 saturated heterocycles. The number of nitrogens with one attached hydrogen (secondary N) is 1. The molecule has 0 aromatic carbocycles. The predicted molar refractivity (Wildman–Crippen MR) is 95.5 cm³/mol. The molecule has 2 aliphatic rings. The molecule has 6 nitrogen and oxygen atoms in total. The lowest BCUT2D eigenvalue weighted by atomic mass is 9.95. The van der Waals surface area contributed by atoms with Gasteiger partial charge in [-0.3, -0.25) is 14.4 Å². The normalized spacial score (nSPS) is 19.1. The number of anilines is 1. The molecule has 0 unspecified atom stereocenters. The molecule has 25 heavy (non-hydrogen) atoms. The predicted octanol–water partition coefficient (Wildman–Crippen LogP) is 2.56. The first-order valence-electron chi connectivity index (χ1n) is 8.62. The first-order valence-corrected chi connectivity index (χ1v) is 9.43. The lowest BCUT2D eigenvalue weighted by Crippen LogP contribution is -2.26. The van der Waals surface area contributed by atoms with Crippen LogP contribution in [0.2, 0.25) is 0 Å². The molecular formula is C18H22N2O4S. The van der Waals surface area contributed by atoms with Gasteiger partial charge in [0, 0.05) is 4.88 Å². The number of ether oxygens (including phenoxy) is 1. The molecule has 0 aliphatic heterocycles. The Kier molecular flexibility index (Phi) is 5.53. The topological polar surface area (TPSA) is 98.5 Å². The number of allylic oxidation sites excluding steroid dienone is 2. The van der Waals surface area contributed by atoms with Crippen molar-refractivity contribution in [1.29, 1.82) is 0 Å². The summed E-state index contributed by atoms with van der Waals surface area (Å²) in [6.07, 6.45) is 10.1. The molecule has 1 aromatic heterocycles. The van der Waals surface area contributed by atoms with E-state index in [0.29, 0.717) is 17.0 Å². The number of esters is 1. The summed E-state index contributed by atoms with van der Waals surface area (Å²) in [6, 6.07) is 0. The van der Waals surface area contributed by atoms with E-state index in [-0.39, 0.29) is 18.5 Å². The van der Waals surface area contributed by atoms with Crippen molar-refractivity contribution in [3.63, 3.8) is 0 Å². The summed E-state index contributed by atoms with van der Waals surface area (Å²) in [7, 11) is 0.